The molecule has 1 heterocycles. The minimum Gasteiger partial charge on any atom is -0.496 e. The highest BCUT2D eigenvalue weighted by atomic mass is 35.5. The second-order valence-electron chi connectivity index (χ2n) is 4.36. The van der Waals surface area contributed by atoms with Crippen LogP contribution >= 0.6 is 11.6 Å². The molecule has 104 valence electrons. The van der Waals surface area contributed by atoms with Crippen molar-refractivity contribution in [1.29, 1.82) is 0 Å². The Morgan fingerprint density at radius 2 is 2.42 bits per heavy atom. The van der Waals surface area contributed by atoms with Crippen molar-refractivity contribution >= 4 is 17.6 Å². The van der Waals surface area contributed by atoms with Crippen molar-refractivity contribution in [1.82, 2.24) is 4.90 Å². The smallest absolute Gasteiger partial charge is 0.323 e. The summed E-state index contributed by atoms with van der Waals surface area (Å²) in [4.78, 5) is 13.1. The van der Waals surface area contributed by atoms with Crippen LogP contribution < -0.4 is 4.74 Å². The number of halogens is 1. The van der Waals surface area contributed by atoms with E-state index >= 15 is 0 Å². The van der Waals surface area contributed by atoms with Crippen LogP contribution in [0.25, 0.3) is 0 Å². The molecule has 6 heteroatoms. The van der Waals surface area contributed by atoms with Crippen LogP contribution in [0.15, 0.2) is 18.2 Å². The van der Waals surface area contributed by atoms with E-state index in [1.54, 1.807) is 25.3 Å². The molecule has 0 saturated carbocycles. The van der Waals surface area contributed by atoms with Gasteiger partial charge in [0.15, 0.2) is 0 Å². The van der Waals surface area contributed by atoms with E-state index in [0.29, 0.717) is 30.5 Å². The summed E-state index contributed by atoms with van der Waals surface area (Å²) in [6, 6.07) is 4.71. The molecule has 0 radical (unpaired) electrons. The molecule has 0 amide bonds. The molecule has 0 spiro atoms. The van der Waals surface area contributed by atoms with Gasteiger partial charge in [-0.1, -0.05) is 11.6 Å². The van der Waals surface area contributed by atoms with Crippen LogP contribution in [0.2, 0.25) is 5.02 Å². The van der Waals surface area contributed by atoms with E-state index in [-0.39, 0.29) is 6.61 Å². The first-order valence-corrected chi connectivity index (χ1v) is 6.36. The molecule has 1 aromatic carbocycles. The van der Waals surface area contributed by atoms with E-state index in [4.69, 9.17) is 21.1 Å². The van der Waals surface area contributed by atoms with Crippen molar-refractivity contribution in [3.63, 3.8) is 0 Å². The highest BCUT2D eigenvalue weighted by molar-refractivity contribution is 6.30. The summed E-state index contributed by atoms with van der Waals surface area (Å²) >= 11 is 5.98. The fourth-order valence-corrected chi connectivity index (χ4v) is 2.34. The third-order valence-corrected chi connectivity index (χ3v) is 3.38. The fraction of sp³-hybridized carbons (Fsp3) is 0.462. The molecule has 1 fully saturated rings. The van der Waals surface area contributed by atoms with Crippen LogP contribution in [0.5, 0.6) is 5.75 Å². The Kier molecular flexibility index (Phi) is 4.63. The third kappa shape index (κ3) is 3.37. The summed E-state index contributed by atoms with van der Waals surface area (Å²) in [5.41, 5.74) is 0.878. The lowest BCUT2D eigenvalue weighted by Gasteiger charge is -2.33. The maximum Gasteiger partial charge on any atom is 0.323 e. The lowest BCUT2D eigenvalue weighted by Crippen LogP contribution is -2.49. The SMILES string of the molecule is COc1ccc(Cl)cc1CN1CCOCC1C(=O)O. The molecular weight excluding hydrogens is 270 g/mol. The Labute approximate surface area is 116 Å². The van der Waals surface area contributed by atoms with Crippen molar-refractivity contribution in [2.45, 2.75) is 12.6 Å². The number of carboxylic acids is 1. The largest absolute Gasteiger partial charge is 0.496 e. The number of methoxy groups -OCH3 is 1. The Bertz CT molecular complexity index is 466. The van der Waals surface area contributed by atoms with E-state index in [1.807, 2.05) is 4.90 Å². The first-order valence-electron chi connectivity index (χ1n) is 5.99. The minimum atomic E-state index is -0.874. The van der Waals surface area contributed by atoms with E-state index in [0.717, 1.165) is 5.56 Å². The number of hydrogen-bond donors (Lipinski definition) is 1. The zero-order valence-electron chi connectivity index (χ0n) is 10.6. The predicted molar refractivity (Wildman–Crippen MR) is 70.7 cm³/mol. The summed E-state index contributed by atoms with van der Waals surface area (Å²) in [5, 5.41) is 9.80. The lowest BCUT2D eigenvalue weighted by atomic mass is 10.1. The van der Waals surface area contributed by atoms with Crippen LogP contribution in [0.4, 0.5) is 0 Å². The summed E-state index contributed by atoms with van der Waals surface area (Å²) in [7, 11) is 1.58. The van der Waals surface area contributed by atoms with Gasteiger partial charge in [-0.25, -0.2) is 0 Å². The molecule has 0 bridgehead atoms. The average molecular weight is 286 g/mol. The van der Waals surface area contributed by atoms with Crippen LogP contribution in [-0.2, 0) is 16.1 Å². The second kappa shape index (κ2) is 6.23. The third-order valence-electron chi connectivity index (χ3n) is 3.14. The first kappa shape index (κ1) is 14.1. The van der Waals surface area contributed by atoms with Crippen LogP contribution in [-0.4, -0.2) is 48.9 Å². The average Bonchev–Trinajstić information content (AvgIpc) is 2.39. The number of morpholine rings is 1. The lowest BCUT2D eigenvalue weighted by molar-refractivity contribution is -0.150. The quantitative estimate of drug-likeness (QED) is 0.911. The highest BCUT2D eigenvalue weighted by Gasteiger charge is 2.29. The normalized spacial score (nSPS) is 20.2. The maximum absolute atomic E-state index is 11.2. The van der Waals surface area contributed by atoms with Gasteiger partial charge in [0, 0.05) is 23.7 Å². The Morgan fingerprint density at radius 3 is 3.11 bits per heavy atom. The minimum absolute atomic E-state index is 0.207. The van der Waals surface area contributed by atoms with Gasteiger partial charge in [0.2, 0.25) is 0 Å². The summed E-state index contributed by atoms with van der Waals surface area (Å²) < 4.78 is 10.5. The molecule has 5 nitrogen and oxygen atoms in total. The van der Waals surface area contributed by atoms with Crippen molar-refractivity contribution in [2.24, 2.45) is 0 Å². The number of benzene rings is 1. The van der Waals surface area contributed by atoms with E-state index in [2.05, 4.69) is 0 Å². The van der Waals surface area contributed by atoms with Gasteiger partial charge in [0.05, 0.1) is 20.3 Å². The van der Waals surface area contributed by atoms with Gasteiger partial charge in [-0.15, -0.1) is 0 Å². The Hall–Kier alpha value is -1.30. The summed E-state index contributed by atoms with van der Waals surface area (Å²) in [6.45, 7) is 1.79. The monoisotopic (exact) mass is 285 g/mol. The van der Waals surface area contributed by atoms with Crippen LogP contribution in [0.3, 0.4) is 0 Å². The number of hydrogen-bond acceptors (Lipinski definition) is 4. The fourth-order valence-electron chi connectivity index (χ4n) is 2.14. The highest BCUT2D eigenvalue weighted by Crippen LogP contribution is 2.25. The van der Waals surface area contributed by atoms with Gasteiger partial charge >= 0.3 is 5.97 Å². The van der Waals surface area contributed by atoms with Crippen LogP contribution in [0.1, 0.15) is 5.56 Å². The topological polar surface area (TPSA) is 59.0 Å². The molecule has 2 rings (SSSR count). The number of carboxylic acid groups (broad SMARTS) is 1. The molecule has 1 saturated heterocycles. The first-order chi connectivity index (χ1) is 9.11. The zero-order valence-corrected chi connectivity index (χ0v) is 11.4. The van der Waals surface area contributed by atoms with Crippen molar-refractivity contribution < 1.29 is 19.4 Å². The molecule has 1 aliphatic rings. The number of nitrogens with zero attached hydrogens (tertiary/aromatic N) is 1. The predicted octanol–water partition coefficient (Wildman–Crippen LogP) is 1.63. The molecule has 0 aliphatic carbocycles. The molecule has 1 atom stereocenters. The molecule has 1 N–H and O–H groups in total. The van der Waals surface area contributed by atoms with E-state index < -0.39 is 12.0 Å². The molecule has 1 aliphatic heterocycles. The Morgan fingerprint density at radius 1 is 1.63 bits per heavy atom. The molecule has 19 heavy (non-hydrogen) atoms. The molecular formula is C13H16ClNO4. The van der Waals surface area contributed by atoms with E-state index in [1.165, 1.54) is 0 Å². The van der Waals surface area contributed by atoms with Gasteiger partial charge in [-0.2, -0.15) is 0 Å². The zero-order chi connectivity index (χ0) is 13.8. The van der Waals surface area contributed by atoms with Gasteiger partial charge in [-0.3, -0.25) is 9.69 Å². The van der Waals surface area contributed by atoms with Crippen molar-refractivity contribution in [2.75, 3.05) is 26.9 Å². The molecule has 0 aromatic heterocycles. The van der Waals surface area contributed by atoms with Crippen molar-refractivity contribution in [3.8, 4) is 5.75 Å². The number of ether oxygens (including phenoxy) is 2. The van der Waals surface area contributed by atoms with Gasteiger partial charge in [-0.05, 0) is 18.2 Å². The molecule has 1 aromatic rings. The van der Waals surface area contributed by atoms with Crippen molar-refractivity contribution in [3.05, 3.63) is 28.8 Å². The number of rotatable bonds is 4. The maximum atomic E-state index is 11.2. The van der Waals surface area contributed by atoms with Gasteiger partial charge < -0.3 is 14.6 Å². The molecule has 1 unspecified atom stereocenters. The van der Waals surface area contributed by atoms with Gasteiger partial charge in [0.25, 0.3) is 0 Å². The summed E-state index contributed by atoms with van der Waals surface area (Å²) in [6.07, 6.45) is 0. The summed E-state index contributed by atoms with van der Waals surface area (Å²) in [5.74, 6) is -0.166. The number of aliphatic carboxylic acids is 1. The number of carbonyl (C=O) groups is 1. The van der Waals surface area contributed by atoms with E-state index in [9.17, 15) is 9.90 Å². The van der Waals surface area contributed by atoms with Crippen LogP contribution in [0, 0.1) is 0 Å². The Balaban J connectivity index is 2.18. The van der Waals surface area contributed by atoms with Gasteiger partial charge in [0.1, 0.15) is 11.8 Å². The second-order valence-corrected chi connectivity index (χ2v) is 4.79. The standard InChI is InChI=1S/C13H16ClNO4/c1-18-12-3-2-10(14)6-9(12)7-15-4-5-19-8-11(15)13(16)17/h2-3,6,11H,4-5,7-8H2,1H3,(H,16,17).